The molecule has 0 aliphatic carbocycles. The molecule has 0 aliphatic rings. The van der Waals surface area contributed by atoms with Crippen LogP contribution in [-0.4, -0.2) is 37.8 Å². The van der Waals surface area contributed by atoms with Crippen molar-refractivity contribution in [3.05, 3.63) is 0 Å². The van der Waals surface area contributed by atoms with Gasteiger partial charge in [0.1, 0.15) is 4.11 Å². The predicted octanol–water partition coefficient (Wildman–Crippen LogP) is 6.28. The van der Waals surface area contributed by atoms with Crippen LogP contribution in [0.2, 0.25) is 6.04 Å². The number of rotatable bonds is 17. The highest BCUT2D eigenvalue weighted by Gasteiger charge is 2.39. The minimum absolute atomic E-state index is 0.226. The summed E-state index contributed by atoms with van der Waals surface area (Å²) in [6.07, 6.45) is 9.79. The molecule has 0 rings (SSSR count). The van der Waals surface area contributed by atoms with Gasteiger partial charge in [-0.25, -0.2) is 0 Å². The lowest BCUT2D eigenvalue weighted by atomic mass is 10.1. The first-order valence-electron chi connectivity index (χ1n) is 9.72. The maximum atomic E-state index is 5.89. The van der Waals surface area contributed by atoms with E-state index < -0.39 is 8.80 Å². The molecule has 0 N–H and O–H groups in total. The van der Waals surface area contributed by atoms with Gasteiger partial charge in [0.05, 0.1) is 0 Å². The van der Waals surface area contributed by atoms with Crippen molar-refractivity contribution in [1.29, 1.82) is 0 Å². The van der Waals surface area contributed by atoms with Crippen LogP contribution >= 0.6 is 34.8 Å². The summed E-state index contributed by atoms with van der Waals surface area (Å²) in [4.78, 5) is 0. The summed E-state index contributed by atoms with van der Waals surface area (Å²) in [6.45, 7) is 9.86. The lowest BCUT2D eigenvalue weighted by molar-refractivity contribution is 0.0706. The summed E-state index contributed by atoms with van der Waals surface area (Å²) in [6, 6.07) is 0.938. The number of ether oxygens (including phenoxy) is 1. The quantitative estimate of drug-likeness (QED) is 0.0766. The maximum Gasteiger partial charge on any atom is 0.500 e. The Labute approximate surface area is 175 Å². The highest BCUT2D eigenvalue weighted by Crippen LogP contribution is 2.21. The van der Waals surface area contributed by atoms with Gasteiger partial charge in [-0.3, -0.25) is 0 Å². The number of hydrogen-bond acceptors (Lipinski definition) is 5. The molecule has 25 heavy (non-hydrogen) atoms. The lowest BCUT2D eigenvalue weighted by Gasteiger charge is -2.28. The standard InChI is InChI=1S/C18H37IO4SSi/c1-5-20-25(21-6-2,22-7-3)16-14-12-10-8-9-11-13-15-18(19)23-17(4)24/h18H,5-16H2,1-4H3. The highest BCUT2D eigenvalue weighted by atomic mass is 127. The van der Waals surface area contributed by atoms with Crippen molar-refractivity contribution in [3.63, 3.8) is 0 Å². The van der Waals surface area contributed by atoms with E-state index in [1.165, 1.54) is 38.5 Å². The molecule has 0 bridgehead atoms. The largest absolute Gasteiger partial charge is 0.500 e. The topological polar surface area (TPSA) is 36.9 Å². The van der Waals surface area contributed by atoms with Gasteiger partial charge in [0, 0.05) is 32.8 Å². The summed E-state index contributed by atoms with van der Waals surface area (Å²) in [7, 11) is -2.43. The fourth-order valence-corrected chi connectivity index (χ4v) is 6.57. The third-order valence-corrected chi connectivity index (χ3v) is 7.93. The smallest absolute Gasteiger partial charge is 0.474 e. The van der Waals surface area contributed by atoms with E-state index in [4.69, 9.17) is 30.2 Å². The maximum absolute atomic E-state index is 5.89. The molecule has 0 fully saturated rings. The summed E-state index contributed by atoms with van der Waals surface area (Å²) in [5.74, 6) is 0. The summed E-state index contributed by atoms with van der Waals surface area (Å²) >= 11 is 7.28. The third kappa shape index (κ3) is 14.4. The van der Waals surface area contributed by atoms with E-state index in [1.54, 1.807) is 0 Å². The Hall–Kier alpha value is 0.717. The zero-order valence-electron chi connectivity index (χ0n) is 16.5. The van der Waals surface area contributed by atoms with E-state index in [-0.39, 0.29) is 4.11 Å². The molecule has 4 nitrogen and oxygen atoms in total. The Kier molecular flexibility index (Phi) is 17.3. The molecule has 0 heterocycles. The summed E-state index contributed by atoms with van der Waals surface area (Å²) in [5, 5.41) is 0.644. The molecule has 0 spiro atoms. The predicted molar refractivity (Wildman–Crippen MR) is 120 cm³/mol. The molecule has 0 radical (unpaired) electrons. The Morgan fingerprint density at radius 3 is 1.72 bits per heavy atom. The fraction of sp³-hybridized carbons (Fsp3) is 0.944. The van der Waals surface area contributed by atoms with Crippen molar-refractivity contribution in [3.8, 4) is 0 Å². The molecule has 1 atom stereocenters. The van der Waals surface area contributed by atoms with Crippen molar-refractivity contribution < 1.29 is 18.0 Å². The summed E-state index contributed by atoms with van der Waals surface area (Å²) < 4.78 is 23.4. The van der Waals surface area contributed by atoms with Crippen molar-refractivity contribution in [1.82, 2.24) is 0 Å². The number of unbranched alkanes of at least 4 members (excludes halogenated alkanes) is 6. The van der Waals surface area contributed by atoms with Crippen LogP contribution < -0.4 is 0 Å². The molecule has 0 aromatic rings. The van der Waals surface area contributed by atoms with Crippen LogP contribution in [0.15, 0.2) is 0 Å². The van der Waals surface area contributed by atoms with E-state index in [0.717, 1.165) is 18.9 Å². The van der Waals surface area contributed by atoms with E-state index in [1.807, 2.05) is 27.7 Å². The van der Waals surface area contributed by atoms with Gasteiger partial charge in [0.25, 0.3) is 0 Å². The number of alkyl halides is 1. The lowest BCUT2D eigenvalue weighted by Crippen LogP contribution is -2.45. The Bertz CT molecular complexity index is 317. The van der Waals surface area contributed by atoms with Crippen LogP contribution in [0.4, 0.5) is 0 Å². The van der Waals surface area contributed by atoms with Gasteiger partial charge in [-0.15, -0.1) is 0 Å². The van der Waals surface area contributed by atoms with Gasteiger partial charge in [-0.05, 0) is 74.8 Å². The Morgan fingerprint density at radius 1 is 0.840 bits per heavy atom. The van der Waals surface area contributed by atoms with Gasteiger partial charge in [-0.2, -0.15) is 0 Å². The first-order valence-corrected chi connectivity index (χ1v) is 13.3. The van der Waals surface area contributed by atoms with E-state index in [2.05, 4.69) is 22.6 Å². The highest BCUT2D eigenvalue weighted by molar-refractivity contribution is 14.1. The van der Waals surface area contributed by atoms with Crippen molar-refractivity contribution in [2.45, 2.75) is 89.2 Å². The zero-order valence-corrected chi connectivity index (χ0v) is 20.5. The molecule has 1 unspecified atom stereocenters. The fourth-order valence-electron chi connectivity index (χ4n) is 2.77. The Balaban J connectivity index is 3.73. The number of halogens is 1. The average molecular weight is 505 g/mol. The minimum Gasteiger partial charge on any atom is -0.474 e. The SMILES string of the molecule is CCO[Si](CCCCCCCCCC(I)OC(C)=S)(OCC)OCC. The molecule has 0 aliphatic heterocycles. The molecule has 0 saturated carbocycles. The first kappa shape index (κ1) is 25.7. The van der Waals surface area contributed by atoms with Gasteiger partial charge >= 0.3 is 8.80 Å². The molecule has 0 amide bonds. The third-order valence-electron chi connectivity index (χ3n) is 3.80. The van der Waals surface area contributed by atoms with Crippen LogP contribution in [-0.2, 0) is 18.0 Å². The van der Waals surface area contributed by atoms with E-state index in [9.17, 15) is 0 Å². The summed E-state index contributed by atoms with van der Waals surface area (Å²) in [5.41, 5.74) is 0. The second kappa shape index (κ2) is 16.9. The van der Waals surface area contributed by atoms with Gasteiger partial charge < -0.3 is 18.0 Å². The second-order valence-electron chi connectivity index (χ2n) is 6.02. The second-order valence-corrected chi connectivity index (χ2v) is 10.7. The molecular formula is C18H37IO4SSi. The number of hydrogen-bond donors (Lipinski definition) is 0. The average Bonchev–Trinajstić information content (AvgIpc) is 2.53. The molecule has 7 heteroatoms. The van der Waals surface area contributed by atoms with Gasteiger partial charge in [0.15, 0.2) is 5.05 Å². The van der Waals surface area contributed by atoms with E-state index >= 15 is 0 Å². The van der Waals surface area contributed by atoms with E-state index in [0.29, 0.717) is 24.9 Å². The van der Waals surface area contributed by atoms with Crippen LogP contribution in [0.25, 0.3) is 0 Å². The van der Waals surface area contributed by atoms with Gasteiger partial charge in [0.2, 0.25) is 0 Å². The van der Waals surface area contributed by atoms with Crippen molar-refractivity contribution in [2.75, 3.05) is 19.8 Å². The van der Waals surface area contributed by atoms with Crippen molar-refractivity contribution in [2.24, 2.45) is 0 Å². The minimum atomic E-state index is -2.43. The molecule has 150 valence electrons. The Morgan fingerprint density at radius 2 is 1.28 bits per heavy atom. The van der Waals surface area contributed by atoms with Crippen LogP contribution in [0, 0.1) is 0 Å². The molecule has 0 aromatic heterocycles. The zero-order chi connectivity index (χ0) is 19.0. The van der Waals surface area contributed by atoms with Crippen LogP contribution in [0.3, 0.4) is 0 Å². The molecular weight excluding hydrogens is 467 g/mol. The normalized spacial score (nSPS) is 13.0. The van der Waals surface area contributed by atoms with Crippen molar-refractivity contribution >= 4 is 48.7 Å². The number of thiocarbonyl (C=S) groups is 1. The van der Waals surface area contributed by atoms with Crippen LogP contribution in [0.1, 0.15) is 79.1 Å². The first-order chi connectivity index (χ1) is 12.0. The molecule has 0 aromatic carbocycles. The van der Waals surface area contributed by atoms with Gasteiger partial charge in [-0.1, -0.05) is 32.1 Å². The molecule has 0 saturated heterocycles. The van der Waals surface area contributed by atoms with Crippen LogP contribution in [0.5, 0.6) is 0 Å². The monoisotopic (exact) mass is 504 g/mol.